The van der Waals surface area contributed by atoms with Crippen LogP contribution in [0.25, 0.3) is 0 Å². The van der Waals surface area contributed by atoms with Crippen LogP contribution in [0.2, 0.25) is 0 Å². The maximum atomic E-state index is 9.47. The smallest absolute Gasteiger partial charge is 0.111 e. The van der Waals surface area contributed by atoms with Crippen LogP contribution in [0.15, 0.2) is 0 Å². The molecule has 6 heteroatoms. The lowest BCUT2D eigenvalue weighted by atomic mass is 10.0. The van der Waals surface area contributed by atoms with Crippen molar-refractivity contribution in [1.29, 1.82) is 0 Å². The Balaban J connectivity index is 4.12. The zero-order valence-corrected chi connectivity index (χ0v) is 9.87. The van der Waals surface area contributed by atoms with Gasteiger partial charge < -0.3 is 30.3 Å². The van der Waals surface area contributed by atoms with Crippen molar-refractivity contribution in [2.24, 2.45) is 0 Å². The van der Waals surface area contributed by atoms with Gasteiger partial charge in [-0.1, -0.05) is 0 Å². The highest BCUT2D eigenvalue weighted by molar-refractivity contribution is 4.80. The van der Waals surface area contributed by atoms with E-state index in [-0.39, 0.29) is 6.61 Å². The van der Waals surface area contributed by atoms with Crippen LogP contribution in [0.4, 0.5) is 0 Å². The summed E-state index contributed by atoms with van der Waals surface area (Å²) in [5, 5.41) is 45.8. The van der Waals surface area contributed by atoms with Crippen molar-refractivity contribution in [1.82, 2.24) is 0 Å². The Morgan fingerprint density at radius 1 is 0.938 bits per heavy atom. The summed E-state index contributed by atoms with van der Waals surface area (Å²) in [4.78, 5) is 0. The molecule has 16 heavy (non-hydrogen) atoms. The zero-order valence-electron chi connectivity index (χ0n) is 9.87. The van der Waals surface area contributed by atoms with E-state index in [1.54, 1.807) is 20.8 Å². The van der Waals surface area contributed by atoms with E-state index in [1.165, 1.54) is 0 Å². The van der Waals surface area contributed by atoms with E-state index < -0.39 is 36.6 Å². The molecule has 0 radical (unpaired) electrons. The van der Waals surface area contributed by atoms with Crippen molar-refractivity contribution < 1.29 is 30.3 Å². The van der Waals surface area contributed by atoms with Crippen LogP contribution >= 0.6 is 0 Å². The second-order valence-electron chi connectivity index (χ2n) is 4.72. The molecule has 0 aromatic heterocycles. The number of ether oxygens (including phenoxy) is 1. The quantitative estimate of drug-likeness (QED) is 0.375. The Morgan fingerprint density at radius 3 is 1.75 bits per heavy atom. The summed E-state index contributed by atoms with van der Waals surface area (Å²) >= 11 is 0. The lowest BCUT2D eigenvalue weighted by Crippen LogP contribution is -2.48. The lowest BCUT2D eigenvalue weighted by molar-refractivity contribution is -0.142. The summed E-state index contributed by atoms with van der Waals surface area (Å²) in [6.45, 7) is 4.49. The number of aliphatic hydroxyl groups excluding tert-OH is 5. The minimum absolute atomic E-state index is 0.167. The Labute approximate surface area is 95.1 Å². The van der Waals surface area contributed by atoms with Crippen molar-refractivity contribution in [3.05, 3.63) is 0 Å². The molecule has 0 aromatic carbocycles. The second-order valence-corrected chi connectivity index (χ2v) is 4.72. The van der Waals surface area contributed by atoms with Crippen molar-refractivity contribution in [2.75, 3.05) is 13.2 Å². The third-order valence-electron chi connectivity index (χ3n) is 2.01. The molecule has 0 unspecified atom stereocenters. The SMILES string of the molecule is CC(C)(C)OC[C@H](O)[C@@H](O)[C@H](O)[C@H](O)CO. The Bertz CT molecular complexity index is 190. The lowest BCUT2D eigenvalue weighted by Gasteiger charge is -2.28. The topological polar surface area (TPSA) is 110 Å². The monoisotopic (exact) mass is 238 g/mol. The van der Waals surface area contributed by atoms with Gasteiger partial charge in [-0.3, -0.25) is 0 Å². The predicted molar refractivity (Wildman–Crippen MR) is 56.8 cm³/mol. The molecule has 0 heterocycles. The fraction of sp³-hybridized carbons (Fsp3) is 1.00. The average molecular weight is 238 g/mol. The average Bonchev–Trinajstić information content (AvgIpc) is 2.21. The van der Waals surface area contributed by atoms with E-state index in [0.29, 0.717) is 0 Å². The van der Waals surface area contributed by atoms with E-state index in [1.807, 2.05) is 0 Å². The number of hydrogen-bond acceptors (Lipinski definition) is 6. The highest BCUT2D eigenvalue weighted by atomic mass is 16.5. The standard InChI is InChI=1S/C10H22O6/c1-10(2,3)16-5-7(13)9(15)8(14)6(12)4-11/h6-9,11-15H,4-5H2,1-3H3/t6-,7+,8-,9-/m1/s1. The molecule has 6 nitrogen and oxygen atoms in total. The van der Waals surface area contributed by atoms with Crippen LogP contribution < -0.4 is 0 Å². The minimum Gasteiger partial charge on any atom is -0.394 e. The van der Waals surface area contributed by atoms with Crippen LogP contribution in [0.3, 0.4) is 0 Å². The summed E-state index contributed by atoms with van der Waals surface area (Å²) in [6.07, 6.45) is -5.98. The number of rotatable bonds is 6. The van der Waals surface area contributed by atoms with E-state index in [2.05, 4.69) is 0 Å². The summed E-state index contributed by atoms with van der Waals surface area (Å²) in [5.74, 6) is 0. The van der Waals surface area contributed by atoms with Crippen molar-refractivity contribution in [2.45, 2.75) is 50.8 Å². The molecule has 0 aliphatic carbocycles. The molecule has 4 atom stereocenters. The predicted octanol–water partition coefficient (Wildman–Crippen LogP) is -1.76. The largest absolute Gasteiger partial charge is 0.394 e. The van der Waals surface area contributed by atoms with Gasteiger partial charge in [0, 0.05) is 0 Å². The Kier molecular flexibility index (Phi) is 6.39. The van der Waals surface area contributed by atoms with Gasteiger partial charge in [-0.05, 0) is 20.8 Å². The van der Waals surface area contributed by atoms with Crippen LogP contribution in [0.1, 0.15) is 20.8 Å². The van der Waals surface area contributed by atoms with Crippen LogP contribution in [-0.2, 0) is 4.74 Å². The number of aliphatic hydroxyl groups is 5. The molecule has 0 aromatic rings. The molecule has 0 rings (SSSR count). The van der Waals surface area contributed by atoms with E-state index in [4.69, 9.17) is 14.9 Å². The van der Waals surface area contributed by atoms with Gasteiger partial charge in [0.15, 0.2) is 0 Å². The highest BCUT2D eigenvalue weighted by Crippen LogP contribution is 2.11. The van der Waals surface area contributed by atoms with Gasteiger partial charge in [0.05, 0.1) is 18.8 Å². The first-order chi connectivity index (χ1) is 7.19. The first-order valence-electron chi connectivity index (χ1n) is 5.16. The Hall–Kier alpha value is -0.240. The second kappa shape index (κ2) is 6.48. The molecule has 0 saturated heterocycles. The zero-order chi connectivity index (χ0) is 12.9. The van der Waals surface area contributed by atoms with Gasteiger partial charge in [0.25, 0.3) is 0 Å². The maximum absolute atomic E-state index is 9.47. The van der Waals surface area contributed by atoms with Gasteiger partial charge in [-0.15, -0.1) is 0 Å². The molecular weight excluding hydrogens is 216 g/mol. The summed E-state index contributed by atoms with van der Waals surface area (Å²) in [6, 6.07) is 0. The first-order valence-corrected chi connectivity index (χ1v) is 5.16. The van der Waals surface area contributed by atoms with E-state index >= 15 is 0 Å². The van der Waals surface area contributed by atoms with Crippen LogP contribution in [0.5, 0.6) is 0 Å². The van der Waals surface area contributed by atoms with Gasteiger partial charge in [0.1, 0.15) is 24.4 Å². The van der Waals surface area contributed by atoms with E-state index in [9.17, 15) is 15.3 Å². The third kappa shape index (κ3) is 5.74. The van der Waals surface area contributed by atoms with Crippen molar-refractivity contribution in [3.63, 3.8) is 0 Å². The molecule has 98 valence electrons. The highest BCUT2D eigenvalue weighted by Gasteiger charge is 2.30. The molecule has 0 bridgehead atoms. The normalized spacial score (nSPS) is 20.2. The van der Waals surface area contributed by atoms with Crippen LogP contribution in [0, 0.1) is 0 Å². The Morgan fingerprint density at radius 2 is 1.38 bits per heavy atom. The molecule has 5 N–H and O–H groups in total. The van der Waals surface area contributed by atoms with Crippen molar-refractivity contribution >= 4 is 0 Å². The molecule has 0 spiro atoms. The molecule has 0 aliphatic rings. The van der Waals surface area contributed by atoms with Gasteiger partial charge in [-0.2, -0.15) is 0 Å². The fourth-order valence-electron chi connectivity index (χ4n) is 0.997. The summed E-state index contributed by atoms with van der Waals surface area (Å²) in [5.41, 5.74) is -0.471. The molecule has 0 saturated carbocycles. The van der Waals surface area contributed by atoms with Crippen LogP contribution in [-0.4, -0.2) is 68.8 Å². The number of hydrogen-bond donors (Lipinski definition) is 5. The first kappa shape index (κ1) is 15.8. The third-order valence-corrected chi connectivity index (χ3v) is 2.01. The molecule has 0 fully saturated rings. The van der Waals surface area contributed by atoms with Crippen molar-refractivity contribution in [3.8, 4) is 0 Å². The molecule has 0 aliphatic heterocycles. The summed E-state index contributed by atoms with van der Waals surface area (Å²) < 4.78 is 5.21. The molecule has 0 amide bonds. The maximum Gasteiger partial charge on any atom is 0.111 e. The fourth-order valence-corrected chi connectivity index (χ4v) is 0.997. The molecular formula is C10H22O6. The van der Waals surface area contributed by atoms with E-state index in [0.717, 1.165) is 0 Å². The summed E-state index contributed by atoms with van der Waals surface area (Å²) in [7, 11) is 0. The minimum atomic E-state index is -1.61. The van der Waals surface area contributed by atoms with Gasteiger partial charge >= 0.3 is 0 Å². The van der Waals surface area contributed by atoms with Gasteiger partial charge in [-0.25, -0.2) is 0 Å². The van der Waals surface area contributed by atoms with Gasteiger partial charge in [0.2, 0.25) is 0 Å².